The molecule has 0 amide bonds. The lowest BCUT2D eigenvalue weighted by molar-refractivity contribution is -0.119. The van der Waals surface area contributed by atoms with Crippen molar-refractivity contribution in [3.05, 3.63) is 12.7 Å². The molecule has 0 fully saturated rings. The van der Waals surface area contributed by atoms with Crippen molar-refractivity contribution in [2.24, 2.45) is 0 Å². The number of nitrogens with one attached hydrogen (secondary N) is 1. The van der Waals surface area contributed by atoms with E-state index < -0.39 is 20.0 Å². The number of imidazole rings is 1. The summed E-state index contributed by atoms with van der Waals surface area (Å²) in [5.41, 5.74) is 1.20. The normalized spacial score (nSPS) is 13.0. The number of rotatable bonds is 14. The lowest BCUT2D eigenvalue weighted by Crippen LogP contribution is -2.17. The van der Waals surface area contributed by atoms with Crippen LogP contribution < -0.4 is 5.32 Å². The molecule has 1 atom stereocenters. The second kappa shape index (κ2) is 11.3. The summed E-state index contributed by atoms with van der Waals surface area (Å²) in [6.45, 7) is 4.80. The summed E-state index contributed by atoms with van der Waals surface area (Å²) >= 11 is 0. The van der Waals surface area contributed by atoms with E-state index in [1.54, 1.807) is 17.8 Å². The summed E-state index contributed by atoms with van der Waals surface area (Å²) in [5.74, 6) is 0.887. The molecule has 10 nitrogen and oxygen atoms in total. The molecule has 3 N–H and O–H groups in total. The molecule has 11 heteroatoms. The number of anilines is 1. The second-order valence-electron chi connectivity index (χ2n) is 7.09. The highest BCUT2D eigenvalue weighted by atomic mass is 31.2. The van der Waals surface area contributed by atoms with Gasteiger partial charge in [-0.1, -0.05) is 19.8 Å². The first-order valence-electron chi connectivity index (χ1n) is 9.87. The van der Waals surface area contributed by atoms with Crippen molar-refractivity contribution in [2.75, 3.05) is 18.2 Å². The molecule has 0 unspecified atom stereocenters. The number of unbranched alkanes of at least 4 members (excludes halogenated alkanes) is 2. The van der Waals surface area contributed by atoms with Gasteiger partial charge in [-0.25, -0.2) is 15.0 Å². The van der Waals surface area contributed by atoms with Crippen LogP contribution in [0.1, 0.15) is 52.4 Å². The van der Waals surface area contributed by atoms with Crippen LogP contribution in [0, 0.1) is 0 Å². The van der Waals surface area contributed by atoms with E-state index in [1.807, 2.05) is 0 Å². The Labute approximate surface area is 170 Å². The van der Waals surface area contributed by atoms with Gasteiger partial charge in [0.05, 0.1) is 19.0 Å². The Bertz CT molecular complexity index is 837. The van der Waals surface area contributed by atoms with Crippen LogP contribution in [0.3, 0.4) is 0 Å². The highest BCUT2D eigenvalue weighted by Gasteiger charge is 2.17. The fraction of sp³-hybridized carbons (Fsp3) is 0.667. The monoisotopic (exact) mass is 427 g/mol. The molecule has 0 aliphatic carbocycles. The Morgan fingerprint density at radius 2 is 2.00 bits per heavy atom. The molecule has 0 aliphatic rings. The number of ether oxygens (including phenoxy) is 1. The van der Waals surface area contributed by atoms with E-state index in [0.717, 1.165) is 25.7 Å². The Balaban J connectivity index is 1.87. The molecule has 0 aromatic carbocycles. The highest BCUT2D eigenvalue weighted by molar-refractivity contribution is 7.51. The van der Waals surface area contributed by atoms with Crippen LogP contribution in [0.5, 0.6) is 0 Å². The fourth-order valence-corrected chi connectivity index (χ4v) is 3.34. The van der Waals surface area contributed by atoms with Gasteiger partial charge in [-0.15, -0.1) is 0 Å². The van der Waals surface area contributed by atoms with E-state index in [2.05, 4.69) is 27.2 Å². The molecule has 0 radical (unpaired) electrons. The lowest BCUT2D eigenvalue weighted by Gasteiger charge is -2.14. The summed E-state index contributed by atoms with van der Waals surface area (Å²) in [4.78, 5) is 42.5. The highest BCUT2D eigenvalue weighted by Crippen LogP contribution is 2.34. The standard InChI is InChI=1S/C18H30N5O5P/c1-3-4-5-7-15(24)8-6-9-19-17-16-18(21-11-20-17)23(12-22-16)10-14(2)28-13-29(25,26)27/h11-12,14H,3-10,13H2,1-2H3,(H,19,20,21)(H2,25,26,27)/t14-/m1/s1. The average molecular weight is 427 g/mol. The molecule has 29 heavy (non-hydrogen) atoms. The number of aromatic nitrogens is 4. The Morgan fingerprint density at radius 1 is 1.24 bits per heavy atom. The summed E-state index contributed by atoms with van der Waals surface area (Å²) in [6, 6.07) is 0. The zero-order valence-electron chi connectivity index (χ0n) is 17.0. The Kier molecular flexibility index (Phi) is 9.16. The van der Waals surface area contributed by atoms with Crippen LogP contribution in [0.4, 0.5) is 5.82 Å². The van der Waals surface area contributed by atoms with E-state index in [4.69, 9.17) is 14.5 Å². The fourth-order valence-electron chi connectivity index (χ4n) is 2.89. The number of carbonyl (C=O) groups is 1. The summed E-state index contributed by atoms with van der Waals surface area (Å²) in [7, 11) is -4.20. The topological polar surface area (TPSA) is 139 Å². The molecule has 2 aromatic heterocycles. The maximum Gasteiger partial charge on any atom is 0.350 e. The van der Waals surface area contributed by atoms with Gasteiger partial charge in [-0.3, -0.25) is 9.36 Å². The van der Waals surface area contributed by atoms with Crippen LogP contribution >= 0.6 is 7.60 Å². The largest absolute Gasteiger partial charge is 0.368 e. The number of carbonyl (C=O) groups excluding carboxylic acids is 1. The number of hydrogen-bond donors (Lipinski definition) is 3. The molecule has 0 saturated carbocycles. The minimum Gasteiger partial charge on any atom is -0.368 e. The van der Waals surface area contributed by atoms with Crippen LogP contribution in [-0.4, -0.2) is 54.1 Å². The van der Waals surface area contributed by atoms with E-state index in [0.29, 0.717) is 48.7 Å². The van der Waals surface area contributed by atoms with E-state index in [1.165, 1.54) is 6.33 Å². The zero-order valence-corrected chi connectivity index (χ0v) is 17.8. The number of Topliss-reactive ketones (excluding diaryl/α,β-unsaturated/α-hetero) is 1. The minimum absolute atomic E-state index is 0.293. The van der Waals surface area contributed by atoms with Crippen molar-refractivity contribution in [1.29, 1.82) is 0 Å². The molecule has 162 valence electrons. The van der Waals surface area contributed by atoms with Crippen LogP contribution in [-0.2, 0) is 20.6 Å². The quantitative estimate of drug-likeness (QED) is 0.307. The first-order chi connectivity index (χ1) is 13.8. The third kappa shape index (κ3) is 8.18. The Morgan fingerprint density at radius 3 is 2.72 bits per heavy atom. The van der Waals surface area contributed by atoms with Gasteiger partial charge in [-0.2, -0.15) is 0 Å². The summed E-state index contributed by atoms with van der Waals surface area (Å²) in [5, 5.41) is 3.21. The molecule has 2 aromatic rings. The lowest BCUT2D eigenvalue weighted by atomic mass is 10.1. The summed E-state index contributed by atoms with van der Waals surface area (Å²) < 4.78 is 17.9. The van der Waals surface area contributed by atoms with Crippen molar-refractivity contribution in [1.82, 2.24) is 19.5 Å². The third-order valence-electron chi connectivity index (χ3n) is 4.37. The molecule has 2 heterocycles. The van der Waals surface area contributed by atoms with Gasteiger partial charge in [-0.05, 0) is 19.8 Å². The van der Waals surface area contributed by atoms with Crippen molar-refractivity contribution in [2.45, 2.75) is 65.0 Å². The van der Waals surface area contributed by atoms with Gasteiger partial charge in [0.1, 0.15) is 24.0 Å². The Hall–Kier alpha value is -1.87. The van der Waals surface area contributed by atoms with Gasteiger partial charge >= 0.3 is 7.60 Å². The molecular formula is C18H30N5O5P. The predicted octanol–water partition coefficient (Wildman–Crippen LogP) is 2.71. The average Bonchev–Trinajstić information content (AvgIpc) is 3.07. The first kappa shape index (κ1) is 23.4. The van der Waals surface area contributed by atoms with Crippen LogP contribution in [0.25, 0.3) is 11.2 Å². The van der Waals surface area contributed by atoms with Gasteiger partial charge in [0.2, 0.25) is 0 Å². The molecular weight excluding hydrogens is 397 g/mol. The smallest absolute Gasteiger partial charge is 0.350 e. The number of ketones is 1. The number of hydrogen-bond acceptors (Lipinski definition) is 7. The van der Waals surface area contributed by atoms with E-state index >= 15 is 0 Å². The van der Waals surface area contributed by atoms with Gasteiger partial charge < -0.3 is 24.4 Å². The van der Waals surface area contributed by atoms with E-state index in [-0.39, 0.29) is 0 Å². The van der Waals surface area contributed by atoms with Crippen molar-refractivity contribution >= 4 is 30.4 Å². The van der Waals surface area contributed by atoms with Crippen LogP contribution in [0.15, 0.2) is 12.7 Å². The second-order valence-corrected chi connectivity index (χ2v) is 8.68. The zero-order chi connectivity index (χ0) is 21.3. The molecule has 0 saturated heterocycles. The van der Waals surface area contributed by atoms with Crippen molar-refractivity contribution in [3.63, 3.8) is 0 Å². The minimum atomic E-state index is -4.20. The number of fused-ring (bicyclic) bond motifs is 1. The maximum atomic E-state index is 11.8. The first-order valence-corrected chi connectivity index (χ1v) is 11.7. The third-order valence-corrected chi connectivity index (χ3v) is 4.85. The SMILES string of the molecule is CCCCCC(=O)CCCNc1ncnc2c1ncn2C[C@@H](C)OCP(=O)(O)O. The van der Waals surface area contributed by atoms with Gasteiger partial charge in [0, 0.05) is 19.4 Å². The molecule has 0 spiro atoms. The van der Waals surface area contributed by atoms with Gasteiger partial charge in [0.25, 0.3) is 0 Å². The van der Waals surface area contributed by atoms with Gasteiger partial charge in [0.15, 0.2) is 11.5 Å². The summed E-state index contributed by atoms with van der Waals surface area (Å²) in [6.07, 6.45) is 7.07. The molecule has 0 bridgehead atoms. The predicted molar refractivity (Wildman–Crippen MR) is 110 cm³/mol. The maximum absolute atomic E-state index is 11.8. The van der Waals surface area contributed by atoms with Crippen molar-refractivity contribution in [3.8, 4) is 0 Å². The van der Waals surface area contributed by atoms with Crippen LogP contribution in [0.2, 0.25) is 0 Å². The van der Waals surface area contributed by atoms with Crippen molar-refractivity contribution < 1.29 is 23.9 Å². The molecule has 2 rings (SSSR count). The number of nitrogens with zero attached hydrogens (tertiary/aromatic N) is 4. The van der Waals surface area contributed by atoms with E-state index in [9.17, 15) is 9.36 Å². The molecule has 0 aliphatic heterocycles.